The molecule has 0 radical (unpaired) electrons. The lowest BCUT2D eigenvalue weighted by Crippen LogP contribution is -2.27. The maximum absolute atomic E-state index is 13.1. The largest absolute Gasteiger partial charge is 0.455 e. The second-order valence-electron chi connectivity index (χ2n) is 7.40. The number of carbonyl (C=O) groups excluding carboxylic acids is 1. The Bertz CT molecular complexity index is 1120. The van der Waals surface area contributed by atoms with Gasteiger partial charge in [-0.25, -0.2) is 0 Å². The number of nitrogens with one attached hydrogen (secondary N) is 2. The molecule has 2 N–H and O–H groups in total. The highest BCUT2D eigenvalue weighted by Crippen LogP contribution is 2.31. The van der Waals surface area contributed by atoms with Crippen LogP contribution in [0.3, 0.4) is 0 Å². The Morgan fingerprint density at radius 3 is 2.45 bits per heavy atom. The van der Waals surface area contributed by atoms with Crippen molar-refractivity contribution in [2.75, 3.05) is 17.3 Å². The minimum absolute atomic E-state index is 0.174. The van der Waals surface area contributed by atoms with Gasteiger partial charge >= 0.3 is 0 Å². The van der Waals surface area contributed by atoms with Crippen molar-refractivity contribution in [3.05, 3.63) is 83.3 Å². The molecule has 31 heavy (non-hydrogen) atoms. The van der Waals surface area contributed by atoms with Gasteiger partial charge in [0.1, 0.15) is 5.76 Å². The molecular formula is C24H24N4O2S. The van der Waals surface area contributed by atoms with E-state index in [4.69, 9.17) is 16.6 Å². The second-order valence-corrected chi connectivity index (χ2v) is 7.81. The van der Waals surface area contributed by atoms with E-state index in [1.807, 2.05) is 67.6 Å². The van der Waals surface area contributed by atoms with Gasteiger partial charge in [0.15, 0.2) is 10.9 Å². The van der Waals surface area contributed by atoms with Crippen molar-refractivity contribution in [3.8, 4) is 0 Å². The fourth-order valence-electron chi connectivity index (χ4n) is 3.70. The number of carbonyl (C=O) groups is 1. The van der Waals surface area contributed by atoms with E-state index in [-0.39, 0.29) is 5.91 Å². The molecule has 7 heteroatoms. The number of para-hydroxylation sites is 2. The number of hydrogen-bond acceptors (Lipinski definition) is 4. The third kappa shape index (κ3) is 4.51. The van der Waals surface area contributed by atoms with Crippen molar-refractivity contribution >= 4 is 40.3 Å². The topological polar surface area (TPSA) is 69.9 Å². The summed E-state index contributed by atoms with van der Waals surface area (Å²) < 4.78 is 6.03. The van der Waals surface area contributed by atoms with Crippen LogP contribution < -0.4 is 15.6 Å². The number of nitrogens with zero attached hydrogens (tertiary/aromatic N) is 2. The first-order chi connectivity index (χ1) is 15.0. The number of hydrogen-bond donors (Lipinski definition) is 2. The molecule has 0 bridgehead atoms. The zero-order chi connectivity index (χ0) is 21.8. The van der Waals surface area contributed by atoms with Crippen LogP contribution in [0.5, 0.6) is 0 Å². The molecule has 1 amide bonds. The molecule has 1 aliphatic rings. The molecule has 3 aromatic rings. The monoisotopic (exact) mass is 432 g/mol. The van der Waals surface area contributed by atoms with Crippen LogP contribution in [0, 0.1) is 6.92 Å². The number of furan rings is 1. The van der Waals surface area contributed by atoms with E-state index in [0.717, 1.165) is 53.2 Å². The maximum Gasteiger partial charge on any atom is 0.294 e. The molecule has 0 unspecified atom stereocenters. The quantitative estimate of drug-likeness (QED) is 0.454. The number of benzene rings is 2. The van der Waals surface area contributed by atoms with Crippen LogP contribution in [0.2, 0.25) is 0 Å². The Balaban J connectivity index is 1.55. The van der Waals surface area contributed by atoms with Gasteiger partial charge in [0.05, 0.1) is 5.71 Å². The van der Waals surface area contributed by atoms with Gasteiger partial charge in [0.2, 0.25) is 0 Å². The molecule has 1 heterocycles. The summed E-state index contributed by atoms with van der Waals surface area (Å²) in [6.45, 7) is 1.91. The number of rotatable bonds is 4. The lowest BCUT2D eigenvalue weighted by molar-refractivity contribution is 0.0964. The lowest BCUT2D eigenvalue weighted by Gasteiger charge is -2.16. The van der Waals surface area contributed by atoms with Crippen molar-refractivity contribution in [2.24, 2.45) is 5.10 Å². The Labute approximate surface area is 186 Å². The van der Waals surface area contributed by atoms with E-state index in [0.29, 0.717) is 10.9 Å². The molecule has 0 fully saturated rings. The molecule has 0 aliphatic heterocycles. The number of amides is 1. The fraction of sp³-hybridized carbons (Fsp3) is 0.208. The second kappa shape index (κ2) is 9.14. The summed E-state index contributed by atoms with van der Waals surface area (Å²) >= 11 is 5.36. The molecule has 0 saturated carbocycles. The summed E-state index contributed by atoms with van der Waals surface area (Å²) in [7, 11) is 1.75. The summed E-state index contributed by atoms with van der Waals surface area (Å²) in [5, 5.41) is 8.05. The number of aryl methyl sites for hydroxylation is 1. The summed E-state index contributed by atoms with van der Waals surface area (Å²) in [4.78, 5) is 14.7. The molecule has 158 valence electrons. The Kier molecular flexibility index (Phi) is 6.13. The predicted molar refractivity (Wildman–Crippen MR) is 128 cm³/mol. The number of thiocarbonyl (C=S) groups is 1. The van der Waals surface area contributed by atoms with E-state index in [1.54, 1.807) is 11.9 Å². The molecule has 4 rings (SSSR count). The third-order valence-electron chi connectivity index (χ3n) is 5.29. The van der Waals surface area contributed by atoms with Crippen LogP contribution in [0.4, 0.5) is 11.4 Å². The van der Waals surface area contributed by atoms with Crippen LogP contribution in [0.1, 0.15) is 40.3 Å². The van der Waals surface area contributed by atoms with Gasteiger partial charge in [-0.05, 0) is 56.2 Å². The van der Waals surface area contributed by atoms with Crippen LogP contribution >= 0.6 is 12.2 Å². The van der Waals surface area contributed by atoms with Crippen molar-refractivity contribution in [3.63, 3.8) is 0 Å². The first-order valence-electron chi connectivity index (χ1n) is 10.2. The highest BCUT2D eigenvalue weighted by molar-refractivity contribution is 7.80. The number of fused-ring (bicyclic) bond motifs is 1. The van der Waals surface area contributed by atoms with E-state index >= 15 is 0 Å². The van der Waals surface area contributed by atoms with Gasteiger partial charge in [-0.1, -0.05) is 36.4 Å². The molecule has 2 aromatic carbocycles. The van der Waals surface area contributed by atoms with Crippen molar-refractivity contribution < 1.29 is 9.21 Å². The van der Waals surface area contributed by atoms with Crippen molar-refractivity contribution in [1.82, 2.24) is 5.43 Å². The minimum Gasteiger partial charge on any atom is -0.455 e. The van der Waals surface area contributed by atoms with Crippen LogP contribution in [-0.4, -0.2) is 23.8 Å². The Morgan fingerprint density at radius 1 is 1.06 bits per heavy atom. The maximum atomic E-state index is 13.1. The fourth-order valence-corrected chi connectivity index (χ4v) is 3.87. The number of anilines is 2. The highest BCUT2D eigenvalue weighted by Gasteiger charge is 2.29. The van der Waals surface area contributed by atoms with Gasteiger partial charge in [-0.15, -0.1) is 0 Å². The van der Waals surface area contributed by atoms with Gasteiger partial charge in [-0.2, -0.15) is 5.10 Å². The van der Waals surface area contributed by atoms with Gasteiger partial charge in [0.25, 0.3) is 5.91 Å². The van der Waals surface area contributed by atoms with E-state index in [9.17, 15) is 4.79 Å². The van der Waals surface area contributed by atoms with Gasteiger partial charge < -0.3 is 14.6 Å². The van der Waals surface area contributed by atoms with Crippen LogP contribution in [0.15, 0.2) is 70.2 Å². The molecular weight excluding hydrogens is 408 g/mol. The average Bonchev–Trinajstić information content (AvgIpc) is 3.15. The summed E-state index contributed by atoms with van der Waals surface area (Å²) in [6, 6.07) is 19.2. The molecule has 1 aromatic heterocycles. The Hall–Kier alpha value is -3.45. The SMILES string of the molecule is Cc1c(C(=O)N(C)c2ccccc2)oc2c1/C(=N/NC(=S)Nc1ccccc1)CCC2. The first kappa shape index (κ1) is 20.8. The summed E-state index contributed by atoms with van der Waals surface area (Å²) in [5.41, 5.74) is 7.20. The van der Waals surface area contributed by atoms with E-state index in [1.165, 1.54) is 0 Å². The van der Waals surface area contributed by atoms with Crippen molar-refractivity contribution in [2.45, 2.75) is 26.2 Å². The zero-order valence-corrected chi connectivity index (χ0v) is 18.3. The normalized spacial score (nSPS) is 14.1. The van der Waals surface area contributed by atoms with Crippen molar-refractivity contribution in [1.29, 1.82) is 0 Å². The van der Waals surface area contributed by atoms with Gasteiger partial charge in [-0.3, -0.25) is 10.2 Å². The highest BCUT2D eigenvalue weighted by atomic mass is 32.1. The number of hydrazone groups is 1. The van der Waals surface area contributed by atoms with Crippen LogP contribution in [-0.2, 0) is 6.42 Å². The molecule has 0 spiro atoms. The standard InChI is InChI=1S/C24H24N4O2S/c1-16-21-19(26-27-24(31)25-17-10-5-3-6-11-17)14-9-15-20(21)30-22(16)23(29)28(2)18-12-7-4-8-13-18/h3-8,10-13H,9,14-15H2,1-2H3,(H2,25,27,31)/b26-19+. The van der Waals surface area contributed by atoms with E-state index in [2.05, 4.69) is 15.8 Å². The predicted octanol–water partition coefficient (Wildman–Crippen LogP) is 4.89. The minimum atomic E-state index is -0.174. The van der Waals surface area contributed by atoms with E-state index < -0.39 is 0 Å². The summed E-state index contributed by atoms with van der Waals surface area (Å²) in [5.74, 6) is 0.985. The molecule has 1 aliphatic carbocycles. The average molecular weight is 433 g/mol. The lowest BCUT2D eigenvalue weighted by atomic mass is 9.93. The first-order valence-corrected chi connectivity index (χ1v) is 10.6. The molecule has 0 saturated heterocycles. The Morgan fingerprint density at radius 2 is 1.74 bits per heavy atom. The molecule has 0 atom stereocenters. The van der Waals surface area contributed by atoms with Gasteiger partial charge in [0, 0.05) is 36.0 Å². The molecule has 6 nitrogen and oxygen atoms in total. The smallest absolute Gasteiger partial charge is 0.294 e. The zero-order valence-electron chi connectivity index (χ0n) is 17.5. The van der Waals surface area contributed by atoms with Crippen LogP contribution in [0.25, 0.3) is 0 Å². The summed E-state index contributed by atoms with van der Waals surface area (Å²) in [6.07, 6.45) is 2.47. The third-order valence-corrected chi connectivity index (χ3v) is 5.49.